The van der Waals surface area contributed by atoms with Crippen LogP contribution in [-0.4, -0.2) is 59.7 Å². The van der Waals surface area contributed by atoms with Crippen molar-refractivity contribution in [1.29, 1.82) is 0 Å². The first-order valence-corrected chi connectivity index (χ1v) is 8.41. The Morgan fingerprint density at radius 2 is 2.00 bits per heavy atom. The van der Waals surface area contributed by atoms with Crippen LogP contribution in [0.1, 0.15) is 27.8 Å². The molecule has 1 fully saturated rings. The summed E-state index contributed by atoms with van der Waals surface area (Å²) in [5.74, 6) is -0.167. The van der Waals surface area contributed by atoms with Gasteiger partial charge in [-0.05, 0) is 19.1 Å². The van der Waals surface area contributed by atoms with Crippen LogP contribution >= 0.6 is 0 Å². The molecule has 1 aromatic heterocycles. The summed E-state index contributed by atoms with van der Waals surface area (Å²) >= 11 is 0. The van der Waals surface area contributed by atoms with Crippen molar-refractivity contribution >= 4 is 23.4 Å². The van der Waals surface area contributed by atoms with E-state index in [1.54, 1.807) is 42.2 Å². The summed E-state index contributed by atoms with van der Waals surface area (Å²) in [6.45, 7) is 4.17. The number of nitrogens with one attached hydrogen (secondary N) is 1. The molecule has 1 saturated heterocycles. The molecule has 26 heavy (non-hydrogen) atoms. The number of benzene rings is 1. The minimum Gasteiger partial charge on any atom is -0.462 e. The predicted molar refractivity (Wildman–Crippen MR) is 94.4 cm³/mol. The van der Waals surface area contributed by atoms with Gasteiger partial charge < -0.3 is 19.7 Å². The average molecular weight is 356 g/mol. The highest BCUT2D eigenvalue weighted by Crippen LogP contribution is 2.21. The molecule has 1 aromatic carbocycles. The fourth-order valence-corrected chi connectivity index (χ4v) is 2.59. The molecular weight excluding hydrogens is 336 g/mol. The van der Waals surface area contributed by atoms with Crippen molar-refractivity contribution in [2.24, 2.45) is 0 Å². The average Bonchev–Trinajstić information content (AvgIpc) is 2.69. The zero-order chi connectivity index (χ0) is 18.4. The van der Waals surface area contributed by atoms with Crippen LogP contribution in [0.15, 0.2) is 36.7 Å². The molecule has 0 radical (unpaired) electrons. The van der Waals surface area contributed by atoms with Gasteiger partial charge in [-0.25, -0.2) is 14.8 Å². The van der Waals surface area contributed by atoms with Crippen molar-refractivity contribution in [2.75, 3.05) is 38.2 Å². The summed E-state index contributed by atoms with van der Waals surface area (Å²) in [5.41, 5.74) is 1.24. The number of nitrogens with zero attached hydrogens (tertiary/aromatic N) is 3. The maximum absolute atomic E-state index is 12.5. The number of morpholine rings is 1. The Bertz CT molecular complexity index is 790. The first-order valence-electron chi connectivity index (χ1n) is 8.41. The van der Waals surface area contributed by atoms with Gasteiger partial charge in [0.05, 0.1) is 31.1 Å². The van der Waals surface area contributed by atoms with Gasteiger partial charge in [-0.1, -0.05) is 12.1 Å². The number of carbonyl (C=O) groups is 2. The monoisotopic (exact) mass is 356 g/mol. The van der Waals surface area contributed by atoms with Gasteiger partial charge >= 0.3 is 5.97 Å². The van der Waals surface area contributed by atoms with Crippen LogP contribution in [0.2, 0.25) is 0 Å². The molecule has 2 heterocycles. The largest absolute Gasteiger partial charge is 0.462 e. The molecule has 8 heteroatoms. The van der Waals surface area contributed by atoms with E-state index in [2.05, 4.69) is 15.3 Å². The topological polar surface area (TPSA) is 93.7 Å². The van der Waals surface area contributed by atoms with Gasteiger partial charge in [0.15, 0.2) is 0 Å². The third kappa shape index (κ3) is 4.15. The molecule has 8 nitrogen and oxygen atoms in total. The quantitative estimate of drug-likeness (QED) is 0.817. The smallest absolute Gasteiger partial charge is 0.340 e. The van der Waals surface area contributed by atoms with Crippen molar-refractivity contribution in [3.05, 3.63) is 47.9 Å². The van der Waals surface area contributed by atoms with Gasteiger partial charge in [0, 0.05) is 19.2 Å². The highest BCUT2D eigenvalue weighted by molar-refractivity contribution is 5.97. The number of hydrogen-bond acceptors (Lipinski definition) is 7. The van der Waals surface area contributed by atoms with Crippen molar-refractivity contribution < 1.29 is 19.1 Å². The minimum absolute atomic E-state index is 0.169. The molecule has 1 aliphatic rings. The molecule has 2 aromatic rings. The van der Waals surface area contributed by atoms with Crippen LogP contribution in [0, 0.1) is 0 Å². The maximum Gasteiger partial charge on any atom is 0.340 e. The van der Waals surface area contributed by atoms with Crippen LogP contribution in [0.25, 0.3) is 0 Å². The lowest BCUT2D eigenvalue weighted by Crippen LogP contribution is -2.41. The molecular formula is C18H20N4O4. The number of amides is 1. The second-order valence-electron chi connectivity index (χ2n) is 5.58. The lowest BCUT2D eigenvalue weighted by atomic mass is 10.2. The van der Waals surface area contributed by atoms with E-state index in [9.17, 15) is 9.59 Å². The van der Waals surface area contributed by atoms with E-state index in [-0.39, 0.29) is 11.6 Å². The third-order valence-electron chi connectivity index (χ3n) is 3.87. The van der Waals surface area contributed by atoms with E-state index >= 15 is 0 Å². The Morgan fingerprint density at radius 1 is 1.23 bits per heavy atom. The number of rotatable bonds is 5. The molecule has 3 rings (SSSR count). The molecule has 1 N–H and O–H groups in total. The standard InChI is InChI=1S/C18H20N4O4/c1-2-26-18(24)13-5-3-4-6-14(13)21-16-11-15(19-12-20-16)17(23)22-7-9-25-10-8-22/h3-6,11-12H,2,7-10H2,1H3,(H,19,20,21). The van der Waals surface area contributed by atoms with E-state index in [4.69, 9.17) is 9.47 Å². The van der Waals surface area contributed by atoms with E-state index in [1.165, 1.54) is 6.33 Å². The number of hydrogen-bond donors (Lipinski definition) is 1. The van der Waals surface area contributed by atoms with Gasteiger partial charge in [-0.2, -0.15) is 0 Å². The molecule has 0 aliphatic carbocycles. The number of para-hydroxylation sites is 1. The second-order valence-corrected chi connectivity index (χ2v) is 5.58. The molecule has 1 aliphatic heterocycles. The van der Waals surface area contributed by atoms with E-state index in [0.29, 0.717) is 50.0 Å². The van der Waals surface area contributed by atoms with E-state index < -0.39 is 5.97 Å². The number of ether oxygens (including phenoxy) is 2. The zero-order valence-corrected chi connectivity index (χ0v) is 14.5. The summed E-state index contributed by atoms with van der Waals surface area (Å²) in [6, 6.07) is 8.54. The van der Waals surface area contributed by atoms with Crippen molar-refractivity contribution in [2.45, 2.75) is 6.92 Å². The summed E-state index contributed by atoms with van der Waals surface area (Å²) in [5, 5.41) is 3.06. The zero-order valence-electron chi connectivity index (χ0n) is 14.5. The molecule has 1 amide bonds. The van der Waals surface area contributed by atoms with Gasteiger partial charge in [0.1, 0.15) is 17.8 Å². The highest BCUT2D eigenvalue weighted by Gasteiger charge is 2.20. The van der Waals surface area contributed by atoms with Crippen molar-refractivity contribution in [1.82, 2.24) is 14.9 Å². The molecule has 0 atom stereocenters. The van der Waals surface area contributed by atoms with Crippen molar-refractivity contribution in [3.8, 4) is 0 Å². The van der Waals surface area contributed by atoms with Crippen LogP contribution < -0.4 is 5.32 Å². The Kier molecular flexibility index (Phi) is 5.75. The normalized spacial score (nSPS) is 14.0. The van der Waals surface area contributed by atoms with Crippen LogP contribution in [0.5, 0.6) is 0 Å². The summed E-state index contributed by atoms with van der Waals surface area (Å²) in [4.78, 5) is 34.5. The Morgan fingerprint density at radius 3 is 2.77 bits per heavy atom. The summed E-state index contributed by atoms with van der Waals surface area (Å²) in [6.07, 6.45) is 1.32. The first kappa shape index (κ1) is 17.8. The van der Waals surface area contributed by atoms with Crippen LogP contribution in [0.3, 0.4) is 0 Å². The molecule has 136 valence electrons. The SMILES string of the molecule is CCOC(=O)c1ccccc1Nc1cc(C(=O)N2CCOCC2)ncn1. The van der Waals surface area contributed by atoms with Crippen LogP contribution in [-0.2, 0) is 9.47 Å². The third-order valence-corrected chi connectivity index (χ3v) is 3.87. The van der Waals surface area contributed by atoms with Crippen molar-refractivity contribution in [3.63, 3.8) is 0 Å². The summed E-state index contributed by atoms with van der Waals surface area (Å²) < 4.78 is 10.3. The van der Waals surface area contributed by atoms with E-state index in [0.717, 1.165) is 0 Å². The highest BCUT2D eigenvalue weighted by atomic mass is 16.5. The number of carbonyl (C=O) groups excluding carboxylic acids is 2. The Hall–Kier alpha value is -3.00. The summed E-state index contributed by atoms with van der Waals surface area (Å²) in [7, 11) is 0. The van der Waals surface area contributed by atoms with E-state index in [1.807, 2.05) is 0 Å². The van der Waals surface area contributed by atoms with Gasteiger partial charge in [0.25, 0.3) is 5.91 Å². The van der Waals surface area contributed by atoms with Crippen LogP contribution in [0.4, 0.5) is 11.5 Å². The first-order chi connectivity index (χ1) is 12.7. The Labute approximate surface area is 151 Å². The second kappa shape index (κ2) is 8.39. The number of esters is 1. The Balaban J connectivity index is 1.79. The maximum atomic E-state index is 12.5. The molecule has 0 unspecified atom stereocenters. The van der Waals surface area contributed by atoms with Gasteiger partial charge in [0.2, 0.25) is 0 Å². The molecule has 0 bridgehead atoms. The molecule has 0 saturated carbocycles. The predicted octanol–water partition coefficient (Wildman–Crippen LogP) is 1.87. The van der Waals surface area contributed by atoms with Gasteiger partial charge in [-0.15, -0.1) is 0 Å². The minimum atomic E-state index is -0.422. The number of anilines is 2. The molecule has 0 spiro atoms. The van der Waals surface area contributed by atoms with Gasteiger partial charge in [-0.3, -0.25) is 4.79 Å². The fraction of sp³-hybridized carbons (Fsp3) is 0.333. The fourth-order valence-electron chi connectivity index (χ4n) is 2.59. The number of aromatic nitrogens is 2. The lowest BCUT2D eigenvalue weighted by molar-refractivity contribution is 0.0299. The lowest BCUT2D eigenvalue weighted by Gasteiger charge is -2.26.